The quantitative estimate of drug-likeness (QED) is 0.899. The zero-order chi connectivity index (χ0) is 14.0. The molecule has 0 aliphatic heterocycles. The van der Waals surface area contributed by atoms with Crippen LogP contribution in [0, 0.1) is 0 Å². The van der Waals surface area contributed by atoms with Gasteiger partial charge in [0.25, 0.3) is 0 Å². The second-order valence-electron chi connectivity index (χ2n) is 5.47. The van der Waals surface area contributed by atoms with Crippen LogP contribution < -0.4 is 10.5 Å². The zero-order valence-electron chi connectivity index (χ0n) is 11.4. The van der Waals surface area contributed by atoms with Gasteiger partial charge in [-0.1, -0.05) is 0 Å². The second-order valence-corrected chi connectivity index (χ2v) is 6.25. The third-order valence-electron chi connectivity index (χ3n) is 2.66. The predicted octanol–water partition coefficient (Wildman–Crippen LogP) is 3.68. The van der Waals surface area contributed by atoms with Crippen molar-refractivity contribution in [1.29, 1.82) is 0 Å². The molecule has 1 aromatic heterocycles. The van der Waals surface area contributed by atoms with Crippen LogP contribution in [-0.4, -0.2) is 10.7 Å². The predicted molar refractivity (Wildman–Crippen MR) is 78.8 cm³/mol. The van der Waals surface area contributed by atoms with E-state index < -0.39 is 0 Å². The SMILES string of the molecule is CC(C)(C)Oc1ccc(O)c([C@@H](N)c2ccsc2)c1. The highest BCUT2D eigenvalue weighted by atomic mass is 32.1. The molecule has 2 aromatic rings. The molecule has 0 saturated heterocycles. The lowest BCUT2D eigenvalue weighted by atomic mass is 10.0. The average Bonchev–Trinajstić information content (AvgIpc) is 2.82. The lowest BCUT2D eigenvalue weighted by molar-refractivity contribution is 0.130. The fourth-order valence-electron chi connectivity index (χ4n) is 1.83. The monoisotopic (exact) mass is 277 g/mol. The summed E-state index contributed by atoms with van der Waals surface area (Å²) >= 11 is 1.59. The Morgan fingerprint density at radius 2 is 2.00 bits per heavy atom. The molecule has 4 heteroatoms. The number of nitrogens with two attached hydrogens (primary N) is 1. The summed E-state index contributed by atoms with van der Waals surface area (Å²) in [5.74, 6) is 0.908. The van der Waals surface area contributed by atoms with Crippen LogP contribution in [0.1, 0.15) is 37.9 Å². The minimum Gasteiger partial charge on any atom is -0.508 e. The summed E-state index contributed by atoms with van der Waals surface area (Å²) in [4.78, 5) is 0. The van der Waals surface area contributed by atoms with E-state index in [1.807, 2.05) is 43.7 Å². The molecule has 0 fully saturated rings. The van der Waals surface area contributed by atoms with E-state index in [4.69, 9.17) is 10.5 Å². The molecule has 0 bridgehead atoms. The van der Waals surface area contributed by atoms with Crippen molar-refractivity contribution in [1.82, 2.24) is 0 Å². The Morgan fingerprint density at radius 3 is 2.58 bits per heavy atom. The molecule has 0 aliphatic rings. The molecule has 0 unspecified atom stereocenters. The molecule has 3 N–H and O–H groups in total. The normalized spacial score (nSPS) is 13.3. The van der Waals surface area contributed by atoms with Crippen molar-refractivity contribution in [3.8, 4) is 11.5 Å². The number of benzene rings is 1. The molecule has 0 spiro atoms. The Hall–Kier alpha value is -1.52. The summed E-state index contributed by atoms with van der Waals surface area (Å²) in [7, 11) is 0. The molecule has 0 radical (unpaired) electrons. The lowest BCUT2D eigenvalue weighted by Gasteiger charge is -2.22. The summed E-state index contributed by atoms with van der Waals surface area (Å²) < 4.78 is 5.80. The van der Waals surface area contributed by atoms with E-state index in [1.165, 1.54) is 0 Å². The molecular weight excluding hydrogens is 258 g/mol. The van der Waals surface area contributed by atoms with Gasteiger partial charge in [0.15, 0.2) is 0 Å². The molecule has 102 valence electrons. The van der Waals surface area contributed by atoms with Crippen LogP contribution in [0.15, 0.2) is 35.0 Å². The Bertz CT molecular complexity index is 544. The third kappa shape index (κ3) is 3.49. The molecule has 0 saturated carbocycles. The fraction of sp³-hybridized carbons (Fsp3) is 0.333. The van der Waals surface area contributed by atoms with Crippen molar-refractivity contribution >= 4 is 11.3 Å². The lowest BCUT2D eigenvalue weighted by Crippen LogP contribution is -2.23. The number of ether oxygens (including phenoxy) is 1. The van der Waals surface area contributed by atoms with Crippen molar-refractivity contribution < 1.29 is 9.84 Å². The maximum Gasteiger partial charge on any atom is 0.120 e. The number of phenolic OH excluding ortho intramolecular Hbond substituents is 1. The van der Waals surface area contributed by atoms with Crippen molar-refractivity contribution in [3.05, 3.63) is 46.2 Å². The van der Waals surface area contributed by atoms with Crippen LogP contribution in [0.2, 0.25) is 0 Å². The first-order valence-electron chi connectivity index (χ1n) is 6.16. The van der Waals surface area contributed by atoms with E-state index in [0.717, 1.165) is 5.56 Å². The largest absolute Gasteiger partial charge is 0.508 e. The minimum absolute atomic E-state index is 0.194. The van der Waals surface area contributed by atoms with Gasteiger partial charge in [-0.05, 0) is 61.4 Å². The van der Waals surface area contributed by atoms with Crippen molar-refractivity contribution in [2.24, 2.45) is 5.73 Å². The van der Waals surface area contributed by atoms with Gasteiger partial charge in [-0.15, -0.1) is 0 Å². The summed E-state index contributed by atoms with van der Waals surface area (Å²) in [5.41, 5.74) is 7.58. The van der Waals surface area contributed by atoms with Gasteiger partial charge in [0.1, 0.15) is 17.1 Å². The molecule has 19 heavy (non-hydrogen) atoms. The molecule has 3 nitrogen and oxygen atoms in total. The molecule has 1 aromatic carbocycles. The van der Waals surface area contributed by atoms with Crippen LogP contribution in [0.3, 0.4) is 0 Å². The van der Waals surface area contributed by atoms with E-state index in [1.54, 1.807) is 23.5 Å². The Labute approximate surface area is 117 Å². The van der Waals surface area contributed by atoms with Gasteiger partial charge in [-0.25, -0.2) is 0 Å². The molecule has 2 rings (SSSR count). The second kappa shape index (κ2) is 5.23. The van der Waals surface area contributed by atoms with E-state index >= 15 is 0 Å². The van der Waals surface area contributed by atoms with Crippen LogP contribution in [0.25, 0.3) is 0 Å². The summed E-state index contributed by atoms with van der Waals surface area (Å²) in [6.45, 7) is 5.95. The Kier molecular flexibility index (Phi) is 3.83. The highest BCUT2D eigenvalue weighted by Gasteiger charge is 2.17. The number of hydrogen-bond acceptors (Lipinski definition) is 4. The van der Waals surface area contributed by atoms with Crippen molar-refractivity contribution in [3.63, 3.8) is 0 Å². The number of thiophene rings is 1. The maximum absolute atomic E-state index is 9.97. The van der Waals surface area contributed by atoms with Gasteiger partial charge in [0.2, 0.25) is 0 Å². The highest BCUT2D eigenvalue weighted by molar-refractivity contribution is 7.08. The maximum atomic E-state index is 9.97. The zero-order valence-corrected chi connectivity index (χ0v) is 12.2. The average molecular weight is 277 g/mol. The van der Waals surface area contributed by atoms with E-state index in [9.17, 15) is 5.11 Å². The molecule has 1 atom stereocenters. The number of phenols is 1. The standard InChI is InChI=1S/C15H19NO2S/c1-15(2,3)18-11-4-5-13(17)12(8-11)14(16)10-6-7-19-9-10/h4-9,14,17H,16H2,1-3H3/t14-/m0/s1. The highest BCUT2D eigenvalue weighted by Crippen LogP contribution is 2.32. The molecule has 0 aliphatic carbocycles. The van der Waals surface area contributed by atoms with Crippen LogP contribution >= 0.6 is 11.3 Å². The van der Waals surface area contributed by atoms with E-state index in [0.29, 0.717) is 11.3 Å². The van der Waals surface area contributed by atoms with E-state index in [2.05, 4.69) is 0 Å². The summed E-state index contributed by atoms with van der Waals surface area (Å²) in [5, 5.41) is 13.9. The van der Waals surface area contributed by atoms with Gasteiger partial charge in [0, 0.05) is 5.56 Å². The van der Waals surface area contributed by atoms with Gasteiger partial charge < -0.3 is 15.6 Å². The Morgan fingerprint density at radius 1 is 1.26 bits per heavy atom. The van der Waals surface area contributed by atoms with Crippen molar-refractivity contribution in [2.45, 2.75) is 32.4 Å². The number of hydrogen-bond donors (Lipinski definition) is 2. The van der Waals surface area contributed by atoms with Gasteiger partial charge in [0.05, 0.1) is 6.04 Å². The summed E-state index contributed by atoms with van der Waals surface area (Å²) in [6, 6.07) is 6.82. The minimum atomic E-state index is -0.338. The van der Waals surface area contributed by atoms with Crippen LogP contribution in [0.4, 0.5) is 0 Å². The topological polar surface area (TPSA) is 55.5 Å². The smallest absolute Gasteiger partial charge is 0.120 e. The molecule has 0 amide bonds. The first-order valence-corrected chi connectivity index (χ1v) is 7.11. The van der Waals surface area contributed by atoms with Crippen molar-refractivity contribution in [2.75, 3.05) is 0 Å². The third-order valence-corrected chi connectivity index (χ3v) is 3.36. The number of rotatable bonds is 3. The van der Waals surface area contributed by atoms with Crippen LogP contribution in [-0.2, 0) is 0 Å². The number of aromatic hydroxyl groups is 1. The van der Waals surface area contributed by atoms with E-state index in [-0.39, 0.29) is 17.4 Å². The molecule has 1 heterocycles. The first kappa shape index (κ1) is 13.9. The van der Waals surface area contributed by atoms with Gasteiger partial charge in [-0.3, -0.25) is 0 Å². The molecular formula is C15H19NO2S. The Balaban J connectivity index is 2.32. The fourth-order valence-corrected chi connectivity index (χ4v) is 2.53. The first-order chi connectivity index (χ1) is 8.87. The summed E-state index contributed by atoms with van der Waals surface area (Å²) in [6.07, 6.45) is 0. The van der Waals surface area contributed by atoms with Gasteiger partial charge >= 0.3 is 0 Å². The van der Waals surface area contributed by atoms with Crippen LogP contribution in [0.5, 0.6) is 11.5 Å². The van der Waals surface area contributed by atoms with Gasteiger partial charge in [-0.2, -0.15) is 11.3 Å².